The fourth-order valence-corrected chi connectivity index (χ4v) is 1.11. The standard InChI is InChI=1S/C6H6N8O3/c7-1-9-2(8)11-3(10-1)14-5(16)12-4(15)13-6(14)17/h(H4,7,8,9,10,11)(H2,12,13,15,16,17). The molecule has 6 N–H and O–H groups in total. The highest BCUT2D eigenvalue weighted by Crippen LogP contribution is 1.99. The molecule has 0 unspecified atom stereocenters. The van der Waals surface area contributed by atoms with Crippen molar-refractivity contribution in [2.75, 3.05) is 11.5 Å². The number of hydrogen-bond donors (Lipinski definition) is 4. The zero-order valence-corrected chi connectivity index (χ0v) is 8.17. The summed E-state index contributed by atoms with van der Waals surface area (Å²) in [6, 6.07) is 0. The second kappa shape index (κ2) is 3.55. The Morgan fingerprint density at radius 3 is 1.82 bits per heavy atom. The average Bonchev–Trinajstić information content (AvgIpc) is 2.13. The van der Waals surface area contributed by atoms with E-state index in [1.54, 1.807) is 0 Å². The van der Waals surface area contributed by atoms with E-state index in [4.69, 9.17) is 11.5 Å². The molecule has 2 aromatic rings. The van der Waals surface area contributed by atoms with Gasteiger partial charge in [-0.05, 0) is 0 Å². The third-order valence-corrected chi connectivity index (χ3v) is 1.71. The number of rotatable bonds is 1. The van der Waals surface area contributed by atoms with Crippen LogP contribution in [0.1, 0.15) is 0 Å². The number of nitrogens with zero attached hydrogens (tertiary/aromatic N) is 4. The van der Waals surface area contributed by atoms with Crippen LogP contribution in [0.2, 0.25) is 0 Å². The van der Waals surface area contributed by atoms with E-state index in [2.05, 4.69) is 15.0 Å². The van der Waals surface area contributed by atoms with Crippen LogP contribution in [0, 0.1) is 0 Å². The molecule has 0 bridgehead atoms. The van der Waals surface area contributed by atoms with Crippen molar-refractivity contribution in [2.45, 2.75) is 0 Å². The zero-order chi connectivity index (χ0) is 12.6. The highest BCUT2D eigenvalue weighted by atomic mass is 16.2. The summed E-state index contributed by atoms with van der Waals surface area (Å²) in [5.41, 5.74) is 7.61. The smallest absolute Gasteiger partial charge is 0.340 e. The maximum absolute atomic E-state index is 11.4. The quantitative estimate of drug-likeness (QED) is 0.396. The van der Waals surface area contributed by atoms with Crippen LogP contribution in [0.5, 0.6) is 0 Å². The molecule has 0 spiro atoms. The molecule has 0 radical (unpaired) electrons. The number of nitrogen functional groups attached to an aromatic ring is 2. The summed E-state index contributed by atoms with van der Waals surface area (Å²) in [4.78, 5) is 47.8. The number of aromatic amines is 2. The Kier molecular flexibility index (Phi) is 2.20. The van der Waals surface area contributed by atoms with E-state index in [0.717, 1.165) is 0 Å². The molecule has 0 aromatic carbocycles. The number of nitrogens with two attached hydrogens (primary N) is 2. The summed E-state index contributed by atoms with van der Waals surface area (Å²) in [7, 11) is 0. The van der Waals surface area contributed by atoms with Gasteiger partial charge in [-0.1, -0.05) is 0 Å². The van der Waals surface area contributed by atoms with Crippen molar-refractivity contribution in [3.05, 3.63) is 31.5 Å². The molecule has 0 aliphatic heterocycles. The number of aromatic nitrogens is 6. The normalized spacial score (nSPS) is 10.4. The molecule has 0 amide bonds. The van der Waals surface area contributed by atoms with Crippen LogP contribution in [0.25, 0.3) is 5.95 Å². The minimum Gasteiger partial charge on any atom is -0.368 e. The summed E-state index contributed by atoms with van der Waals surface area (Å²) in [6.45, 7) is 0. The van der Waals surface area contributed by atoms with Crippen molar-refractivity contribution in [3.8, 4) is 5.95 Å². The van der Waals surface area contributed by atoms with Gasteiger partial charge in [0.15, 0.2) is 0 Å². The van der Waals surface area contributed by atoms with Crippen LogP contribution in [-0.4, -0.2) is 29.5 Å². The van der Waals surface area contributed by atoms with Crippen LogP contribution in [0.4, 0.5) is 11.9 Å². The lowest BCUT2D eigenvalue weighted by atomic mass is 10.8. The predicted molar refractivity (Wildman–Crippen MR) is 55.5 cm³/mol. The number of nitrogens with one attached hydrogen (secondary N) is 2. The third-order valence-electron chi connectivity index (χ3n) is 1.71. The first kappa shape index (κ1) is 10.5. The minimum atomic E-state index is -1.01. The predicted octanol–water partition coefficient (Wildman–Crippen LogP) is -3.44. The maximum atomic E-state index is 11.4. The van der Waals surface area contributed by atoms with Crippen LogP contribution < -0.4 is 28.5 Å². The first-order chi connectivity index (χ1) is 7.97. The van der Waals surface area contributed by atoms with Gasteiger partial charge in [0.1, 0.15) is 0 Å². The molecule has 0 saturated carbocycles. The molecule has 2 aromatic heterocycles. The van der Waals surface area contributed by atoms with Crippen molar-refractivity contribution in [1.29, 1.82) is 0 Å². The van der Waals surface area contributed by atoms with Gasteiger partial charge in [0.25, 0.3) is 0 Å². The highest BCUT2D eigenvalue weighted by molar-refractivity contribution is 5.30. The lowest BCUT2D eigenvalue weighted by Crippen LogP contribution is -2.43. The molecule has 2 rings (SSSR count). The van der Waals surface area contributed by atoms with E-state index in [1.807, 2.05) is 9.97 Å². The van der Waals surface area contributed by atoms with Crippen molar-refractivity contribution < 1.29 is 0 Å². The van der Waals surface area contributed by atoms with Crippen molar-refractivity contribution in [3.63, 3.8) is 0 Å². The second-order valence-electron chi connectivity index (χ2n) is 2.88. The molecule has 17 heavy (non-hydrogen) atoms. The fraction of sp³-hybridized carbons (Fsp3) is 0. The van der Waals surface area contributed by atoms with E-state index in [1.165, 1.54) is 0 Å². The molecule has 2 heterocycles. The largest absolute Gasteiger partial charge is 0.368 e. The Labute approximate surface area is 91.2 Å². The lowest BCUT2D eigenvalue weighted by molar-refractivity contribution is 0.743. The van der Waals surface area contributed by atoms with Crippen LogP contribution in [-0.2, 0) is 0 Å². The lowest BCUT2D eigenvalue weighted by Gasteiger charge is -2.02. The third kappa shape index (κ3) is 1.88. The van der Waals surface area contributed by atoms with E-state index in [9.17, 15) is 14.4 Å². The molecule has 0 aliphatic carbocycles. The van der Waals surface area contributed by atoms with Gasteiger partial charge in [-0.25, -0.2) is 14.4 Å². The summed E-state index contributed by atoms with van der Waals surface area (Å²) in [6.07, 6.45) is 0. The Morgan fingerprint density at radius 2 is 1.35 bits per heavy atom. The van der Waals surface area contributed by atoms with Crippen LogP contribution in [0.3, 0.4) is 0 Å². The molecular formula is C6H6N8O3. The van der Waals surface area contributed by atoms with Crippen LogP contribution in [0.15, 0.2) is 14.4 Å². The topological polar surface area (TPSA) is 178 Å². The molecule has 0 aliphatic rings. The van der Waals surface area contributed by atoms with Gasteiger partial charge in [-0.15, -0.1) is 0 Å². The van der Waals surface area contributed by atoms with Crippen molar-refractivity contribution >= 4 is 11.9 Å². The van der Waals surface area contributed by atoms with Gasteiger partial charge in [-0.2, -0.15) is 19.5 Å². The summed E-state index contributed by atoms with van der Waals surface area (Å²) < 4.78 is 0.468. The Balaban J connectivity index is 2.82. The van der Waals surface area contributed by atoms with Gasteiger partial charge in [-0.3, -0.25) is 9.97 Å². The van der Waals surface area contributed by atoms with Gasteiger partial charge >= 0.3 is 17.1 Å². The first-order valence-corrected chi connectivity index (χ1v) is 4.20. The Hall–Kier alpha value is -2.98. The maximum Gasteiger partial charge on any atom is 0.340 e. The van der Waals surface area contributed by atoms with E-state index < -0.39 is 17.1 Å². The SMILES string of the molecule is Nc1nc(N)nc(-n2c(=O)[nH]c(=O)[nH]c2=O)n1. The number of hydrogen-bond acceptors (Lipinski definition) is 8. The Bertz CT molecular complexity index is 685. The summed E-state index contributed by atoms with van der Waals surface area (Å²) in [5, 5.41) is 0. The van der Waals surface area contributed by atoms with E-state index in [-0.39, 0.29) is 17.8 Å². The molecule has 0 fully saturated rings. The van der Waals surface area contributed by atoms with Gasteiger partial charge < -0.3 is 11.5 Å². The minimum absolute atomic E-state index is 0.259. The molecule has 88 valence electrons. The highest BCUT2D eigenvalue weighted by Gasteiger charge is 2.10. The average molecular weight is 238 g/mol. The molecule has 0 saturated heterocycles. The second-order valence-corrected chi connectivity index (χ2v) is 2.88. The molecule has 0 atom stereocenters. The molecular weight excluding hydrogens is 232 g/mol. The van der Waals surface area contributed by atoms with E-state index >= 15 is 0 Å². The molecule has 11 nitrogen and oxygen atoms in total. The summed E-state index contributed by atoms with van der Waals surface area (Å²) >= 11 is 0. The van der Waals surface area contributed by atoms with Crippen molar-refractivity contribution in [2.24, 2.45) is 0 Å². The number of H-pyrrole nitrogens is 2. The van der Waals surface area contributed by atoms with Gasteiger partial charge in [0, 0.05) is 0 Å². The summed E-state index contributed by atoms with van der Waals surface area (Å²) in [5.74, 6) is -0.896. The van der Waals surface area contributed by atoms with Gasteiger partial charge in [0.05, 0.1) is 0 Å². The van der Waals surface area contributed by atoms with Crippen LogP contribution >= 0.6 is 0 Å². The first-order valence-electron chi connectivity index (χ1n) is 4.20. The van der Waals surface area contributed by atoms with E-state index in [0.29, 0.717) is 4.57 Å². The number of anilines is 2. The van der Waals surface area contributed by atoms with Crippen molar-refractivity contribution in [1.82, 2.24) is 29.5 Å². The zero-order valence-electron chi connectivity index (χ0n) is 8.17. The monoisotopic (exact) mass is 238 g/mol. The Morgan fingerprint density at radius 1 is 0.882 bits per heavy atom. The molecule has 11 heteroatoms. The van der Waals surface area contributed by atoms with Gasteiger partial charge in [0.2, 0.25) is 17.8 Å². The fourth-order valence-electron chi connectivity index (χ4n) is 1.11.